The SMILES string of the molecule is CC(=O)NCCNc1cc(Br)nc(C(C)(C)C)n1. The Bertz CT molecular complexity index is 429. The van der Waals surface area contributed by atoms with E-state index in [2.05, 4.69) is 57.3 Å². The van der Waals surface area contributed by atoms with E-state index in [4.69, 9.17) is 0 Å². The maximum absolute atomic E-state index is 10.7. The van der Waals surface area contributed by atoms with Crippen molar-refractivity contribution in [3.8, 4) is 0 Å². The number of nitrogens with zero attached hydrogens (tertiary/aromatic N) is 2. The van der Waals surface area contributed by atoms with Gasteiger partial charge in [0.1, 0.15) is 16.2 Å². The number of anilines is 1. The summed E-state index contributed by atoms with van der Waals surface area (Å²) in [4.78, 5) is 19.5. The first-order valence-corrected chi connectivity index (χ1v) is 6.61. The lowest BCUT2D eigenvalue weighted by atomic mass is 9.96. The van der Waals surface area contributed by atoms with E-state index in [9.17, 15) is 4.79 Å². The van der Waals surface area contributed by atoms with Gasteiger partial charge in [0.2, 0.25) is 5.91 Å². The molecule has 0 unspecified atom stereocenters. The van der Waals surface area contributed by atoms with Gasteiger partial charge in [-0.3, -0.25) is 4.79 Å². The molecule has 2 N–H and O–H groups in total. The molecule has 1 heterocycles. The van der Waals surface area contributed by atoms with Gasteiger partial charge in [-0.2, -0.15) is 0 Å². The molecule has 0 bridgehead atoms. The van der Waals surface area contributed by atoms with Crippen molar-refractivity contribution in [3.63, 3.8) is 0 Å². The van der Waals surface area contributed by atoms with E-state index in [1.807, 2.05) is 6.07 Å². The van der Waals surface area contributed by atoms with Crippen molar-refractivity contribution in [2.45, 2.75) is 33.1 Å². The van der Waals surface area contributed by atoms with Crippen LogP contribution in [0.3, 0.4) is 0 Å². The van der Waals surface area contributed by atoms with Crippen LogP contribution in [0.25, 0.3) is 0 Å². The molecule has 18 heavy (non-hydrogen) atoms. The molecular formula is C12H19BrN4O. The first kappa shape index (κ1) is 14.9. The van der Waals surface area contributed by atoms with Crippen LogP contribution in [0.15, 0.2) is 10.7 Å². The minimum atomic E-state index is -0.0994. The number of rotatable bonds is 4. The minimum absolute atomic E-state index is 0.0314. The van der Waals surface area contributed by atoms with E-state index in [1.165, 1.54) is 6.92 Å². The van der Waals surface area contributed by atoms with Gasteiger partial charge in [-0.1, -0.05) is 20.8 Å². The van der Waals surface area contributed by atoms with E-state index in [0.29, 0.717) is 13.1 Å². The predicted octanol–water partition coefficient (Wildman–Crippen LogP) is 2.08. The predicted molar refractivity (Wildman–Crippen MR) is 75.6 cm³/mol. The van der Waals surface area contributed by atoms with Crippen LogP contribution in [-0.2, 0) is 10.2 Å². The summed E-state index contributed by atoms with van der Waals surface area (Å²) >= 11 is 3.38. The van der Waals surface area contributed by atoms with E-state index in [-0.39, 0.29) is 11.3 Å². The van der Waals surface area contributed by atoms with Crippen LogP contribution in [0.2, 0.25) is 0 Å². The van der Waals surface area contributed by atoms with E-state index < -0.39 is 0 Å². The van der Waals surface area contributed by atoms with Crippen molar-refractivity contribution in [3.05, 3.63) is 16.5 Å². The summed E-state index contributed by atoms with van der Waals surface area (Å²) in [5.41, 5.74) is -0.0994. The van der Waals surface area contributed by atoms with Crippen LogP contribution in [-0.4, -0.2) is 29.0 Å². The average Bonchev–Trinajstić information content (AvgIpc) is 2.22. The van der Waals surface area contributed by atoms with Crippen molar-refractivity contribution in [1.82, 2.24) is 15.3 Å². The molecule has 0 aliphatic carbocycles. The number of carbonyl (C=O) groups excluding carboxylic acids is 1. The lowest BCUT2D eigenvalue weighted by Crippen LogP contribution is -2.26. The minimum Gasteiger partial charge on any atom is -0.368 e. The highest BCUT2D eigenvalue weighted by Crippen LogP contribution is 2.22. The van der Waals surface area contributed by atoms with Gasteiger partial charge in [0.15, 0.2) is 0 Å². The topological polar surface area (TPSA) is 66.9 Å². The number of aromatic nitrogens is 2. The zero-order valence-electron chi connectivity index (χ0n) is 11.2. The molecule has 1 aromatic heterocycles. The quantitative estimate of drug-likeness (QED) is 0.659. The standard InChI is InChI=1S/C12H19BrN4O/c1-8(18)14-5-6-15-10-7-9(13)16-11(17-10)12(2,3)4/h7H,5-6H2,1-4H3,(H,14,18)(H,15,16,17). The molecule has 0 atom stereocenters. The molecule has 1 rings (SSSR count). The van der Waals surface area contributed by atoms with Crippen LogP contribution >= 0.6 is 15.9 Å². The van der Waals surface area contributed by atoms with E-state index in [0.717, 1.165) is 16.2 Å². The van der Waals surface area contributed by atoms with Crippen molar-refractivity contribution >= 4 is 27.7 Å². The summed E-state index contributed by atoms with van der Waals surface area (Å²) < 4.78 is 0.754. The second-order valence-electron chi connectivity index (χ2n) is 5.06. The zero-order valence-corrected chi connectivity index (χ0v) is 12.8. The van der Waals surface area contributed by atoms with Gasteiger partial charge in [-0.15, -0.1) is 0 Å². The lowest BCUT2D eigenvalue weighted by Gasteiger charge is -2.18. The fourth-order valence-electron chi connectivity index (χ4n) is 1.27. The highest BCUT2D eigenvalue weighted by molar-refractivity contribution is 9.10. The molecule has 100 valence electrons. The third-order valence-corrected chi connectivity index (χ3v) is 2.58. The van der Waals surface area contributed by atoms with Gasteiger partial charge >= 0.3 is 0 Å². The second-order valence-corrected chi connectivity index (χ2v) is 5.87. The molecule has 0 aliphatic rings. The molecule has 0 saturated heterocycles. The van der Waals surface area contributed by atoms with Crippen LogP contribution in [0.1, 0.15) is 33.5 Å². The number of nitrogens with one attached hydrogen (secondary N) is 2. The van der Waals surface area contributed by atoms with E-state index in [1.54, 1.807) is 0 Å². The van der Waals surface area contributed by atoms with Crippen molar-refractivity contribution in [1.29, 1.82) is 0 Å². The van der Waals surface area contributed by atoms with Crippen LogP contribution < -0.4 is 10.6 Å². The first-order chi connectivity index (χ1) is 8.29. The number of carbonyl (C=O) groups is 1. The van der Waals surface area contributed by atoms with Gasteiger partial charge in [0.25, 0.3) is 0 Å². The Morgan fingerprint density at radius 2 is 2.00 bits per heavy atom. The maximum Gasteiger partial charge on any atom is 0.216 e. The molecule has 0 fully saturated rings. The molecule has 6 heteroatoms. The Hall–Kier alpha value is -1.17. The average molecular weight is 315 g/mol. The molecule has 1 amide bonds. The summed E-state index contributed by atoms with van der Waals surface area (Å²) in [5.74, 6) is 1.50. The Labute approximate surface area is 116 Å². The molecule has 0 spiro atoms. The van der Waals surface area contributed by atoms with Crippen LogP contribution in [0.5, 0.6) is 0 Å². The van der Waals surface area contributed by atoms with Gasteiger partial charge in [0, 0.05) is 31.5 Å². The van der Waals surface area contributed by atoms with Gasteiger partial charge in [0.05, 0.1) is 0 Å². The number of hydrogen-bond acceptors (Lipinski definition) is 4. The summed E-state index contributed by atoms with van der Waals surface area (Å²) in [5, 5.41) is 5.88. The summed E-state index contributed by atoms with van der Waals surface area (Å²) in [6.07, 6.45) is 0. The van der Waals surface area contributed by atoms with Crippen LogP contribution in [0, 0.1) is 0 Å². The van der Waals surface area contributed by atoms with Gasteiger partial charge in [-0.05, 0) is 15.9 Å². The second kappa shape index (κ2) is 6.13. The van der Waals surface area contributed by atoms with Gasteiger partial charge < -0.3 is 10.6 Å². The Morgan fingerprint density at radius 1 is 1.33 bits per heavy atom. The number of hydrogen-bond donors (Lipinski definition) is 2. The molecule has 0 radical (unpaired) electrons. The third-order valence-electron chi connectivity index (χ3n) is 2.17. The van der Waals surface area contributed by atoms with Crippen molar-refractivity contribution in [2.24, 2.45) is 0 Å². The molecule has 0 saturated carbocycles. The fraction of sp³-hybridized carbons (Fsp3) is 0.583. The summed E-state index contributed by atoms with van der Waals surface area (Å²) in [7, 11) is 0. The van der Waals surface area contributed by atoms with Crippen molar-refractivity contribution in [2.75, 3.05) is 18.4 Å². The first-order valence-electron chi connectivity index (χ1n) is 5.82. The third kappa shape index (κ3) is 5.00. The Balaban J connectivity index is 2.66. The molecular weight excluding hydrogens is 296 g/mol. The maximum atomic E-state index is 10.7. The Morgan fingerprint density at radius 3 is 2.56 bits per heavy atom. The molecule has 0 aliphatic heterocycles. The highest BCUT2D eigenvalue weighted by Gasteiger charge is 2.18. The van der Waals surface area contributed by atoms with E-state index >= 15 is 0 Å². The van der Waals surface area contributed by atoms with Gasteiger partial charge in [-0.25, -0.2) is 9.97 Å². The molecule has 1 aromatic rings. The van der Waals surface area contributed by atoms with Crippen molar-refractivity contribution < 1.29 is 4.79 Å². The summed E-state index contributed by atoms with van der Waals surface area (Å²) in [6.45, 7) is 8.90. The monoisotopic (exact) mass is 314 g/mol. The largest absolute Gasteiger partial charge is 0.368 e. The normalized spacial score (nSPS) is 11.2. The Kier molecular flexibility index (Phi) is 5.07. The van der Waals surface area contributed by atoms with Crippen LogP contribution in [0.4, 0.5) is 5.82 Å². The summed E-state index contributed by atoms with van der Waals surface area (Å²) in [6, 6.07) is 1.82. The lowest BCUT2D eigenvalue weighted by molar-refractivity contribution is -0.118. The molecule has 0 aromatic carbocycles. The highest BCUT2D eigenvalue weighted by atomic mass is 79.9. The zero-order chi connectivity index (χ0) is 13.8. The molecule has 5 nitrogen and oxygen atoms in total. The smallest absolute Gasteiger partial charge is 0.216 e. The fourth-order valence-corrected chi connectivity index (χ4v) is 1.66. The number of halogens is 1. The number of amides is 1.